The van der Waals surface area contributed by atoms with Crippen LogP contribution in [-0.2, 0) is 11.2 Å². The molecule has 2 heterocycles. The summed E-state index contributed by atoms with van der Waals surface area (Å²) in [6.45, 7) is 6.30. The van der Waals surface area contributed by atoms with E-state index in [4.69, 9.17) is 0 Å². The number of aryl methyl sites for hydroxylation is 3. The van der Waals surface area contributed by atoms with Crippen molar-refractivity contribution in [1.82, 2.24) is 4.98 Å². The Labute approximate surface area is 127 Å². The summed E-state index contributed by atoms with van der Waals surface area (Å²) in [5.74, 6) is -0.795. The van der Waals surface area contributed by atoms with Gasteiger partial charge in [-0.05, 0) is 31.9 Å². The van der Waals surface area contributed by atoms with Gasteiger partial charge in [0, 0.05) is 17.8 Å². The molecule has 1 amide bonds. The number of aromatic nitrogens is 1. The predicted octanol–water partition coefficient (Wildman–Crippen LogP) is 2.84. The number of hydrogen-bond acceptors (Lipinski definition) is 4. The summed E-state index contributed by atoms with van der Waals surface area (Å²) in [6, 6.07) is 3.86. The molecule has 0 unspecified atom stereocenters. The number of fused-ring (bicyclic) bond motifs is 1. The molecule has 0 spiro atoms. The minimum atomic E-state index is -0.412. The van der Waals surface area contributed by atoms with Crippen molar-refractivity contribution in [3.63, 3.8) is 0 Å². The molecule has 0 saturated carbocycles. The van der Waals surface area contributed by atoms with Gasteiger partial charge in [0.15, 0.2) is 0 Å². The summed E-state index contributed by atoms with van der Waals surface area (Å²) >= 11 is 1.59. The van der Waals surface area contributed by atoms with Crippen LogP contribution in [0, 0.1) is 20.8 Å². The van der Waals surface area contributed by atoms with Gasteiger partial charge in [-0.2, -0.15) is 0 Å². The second kappa shape index (κ2) is 5.07. The van der Waals surface area contributed by atoms with Crippen LogP contribution in [0.5, 0.6) is 0 Å². The minimum absolute atomic E-state index is 0.382. The zero-order valence-electron chi connectivity index (χ0n) is 12.3. The SMILES string of the molecule is Cc1ccc(C)c2c1C(=O)C(=O)N2CCc1scnc1C. The highest BCUT2D eigenvalue weighted by Crippen LogP contribution is 2.34. The Hall–Kier alpha value is -2.01. The number of ketones is 1. The van der Waals surface area contributed by atoms with Crippen LogP contribution in [0.15, 0.2) is 17.6 Å². The molecule has 0 aliphatic carbocycles. The number of amides is 1. The highest BCUT2D eigenvalue weighted by Gasteiger charge is 2.37. The molecule has 108 valence electrons. The number of benzene rings is 1. The number of rotatable bonds is 3. The van der Waals surface area contributed by atoms with E-state index in [1.54, 1.807) is 16.2 Å². The highest BCUT2D eigenvalue weighted by molar-refractivity contribution is 7.09. The van der Waals surface area contributed by atoms with Gasteiger partial charge in [-0.1, -0.05) is 12.1 Å². The number of carbonyl (C=O) groups excluding carboxylic acids is 2. The molecular formula is C16H16N2O2S. The van der Waals surface area contributed by atoms with E-state index >= 15 is 0 Å². The molecular weight excluding hydrogens is 284 g/mol. The third-order valence-corrected chi connectivity index (χ3v) is 4.93. The molecule has 0 fully saturated rings. The molecule has 0 radical (unpaired) electrons. The van der Waals surface area contributed by atoms with Crippen LogP contribution in [0.25, 0.3) is 0 Å². The number of anilines is 1. The fourth-order valence-electron chi connectivity index (χ4n) is 2.75. The van der Waals surface area contributed by atoms with Crippen molar-refractivity contribution in [2.75, 3.05) is 11.4 Å². The number of Topliss-reactive ketones (excluding diaryl/α,β-unsaturated/α-hetero) is 1. The van der Waals surface area contributed by atoms with Crippen LogP contribution in [-0.4, -0.2) is 23.2 Å². The van der Waals surface area contributed by atoms with Gasteiger partial charge >= 0.3 is 0 Å². The van der Waals surface area contributed by atoms with Crippen LogP contribution in [0.3, 0.4) is 0 Å². The zero-order valence-corrected chi connectivity index (χ0v) is 13.1. The van der Waals surface area contributed by atoms with E-state index in [9.17, 15) is 9.59 Å². The van der Waals surface area contributed by atoms with Gasteiger partial charge in [-0.25, -0.2) is 4.98 Å². The van der Waals surface area contributed by atoms with Crippen LogP contribution >= 0.6 is 11.3 Å². The third kappa shape index (κ3) is 2.17. The molecule has 1 aliphatic rings. The molecule has 2 aromatic rings. The van der Waals surface area contributed by atoms with Crippen molar-refractivity contribution in [3.8, 4) is 0 Å². The van der Waals surface area contributed by atoms with Crippen molar-refractivity contribution in [2.45, 2.75) is 27.2 Å². The van der Waals surface area contributed by atoms with Gasteiger partial charge in [-0.3, -0.25) is 9.59 Å². The summed E-state index contributed by atoms with van der Waals surface area (Å²) in [7, 11) is 0. The molecule has 5 heteroatoms. The van der Waals surface area contributed by atoms with Gasteiger partial charge in [0.2, 0.25) is 0 Å². The Morgan fingerprint density at radius 2 is 1.86 bits per heavy atom. The number of nitrogens with zero attached hydrogens (tertiary/aromatic N) is 2. The van der Waals surface area contributed by atoms with E-state index in [0.29, 0.717) is 12.1 Å². The molecule has 3 rings (SSSR count). The Balaban J connectivity index is 1.95. The van der Waals surface area contributed by atoms with Gasteiger partial charge in [0.1, 0.15) is 0 Å². The highest BCUT2D eigenvalue weighted by atomic mass is 32.1. The van der Waals surface area contributed by atoms with Crippen molar-refractivity contribution >= 4 is 28.7 Å². The third-order valence-electron chi connectivity index (χ3n) is 3.93. The summed E-state index contributed by atoms with van der Waals surface area (Å²) in [4.78, 5) is 31.5. The van der Waals surface area contributed by atoms with Crippen LogP contribution in [0.1, 0.15) is 32.1 Å². The quantitative estimate of drug-likeness (QED) is 0.819. The average Bonchev–Trinajstić information content (AvgIpc) is 2.97. The van der Waals surface area contributed by atoms with E-state index < -0.39 is 5.91 Å². The lowest BCUT2D eigenvalue weighted by Crippen LogP contribution is -2.32. The molecule has 0 saturated heterocycles. The van der Waals surface area contributed by atoms with E-state index in [0.717, 1.165) is 33.8 Å². The second-order valence-corrected chi connectivity index (χ2v) is 6.26. The van der Waals surface area contributed by atoms with Gasteiger partial charge in [0.05, 0.1) is 22.5 Å². The predicted molar refractivity (Wildman–Crippen MR) is 83.2 cm³/mol. The second-order valence-electron chi connectivity index (χ2n) is 5.32. The van der Waals surface area contributed by atoms with Crippen LogP contribution < -0.4 is 4.90 Å². The first-order valence-electron chi connectivity index (χ1n) is 6.86. The fourth-order valence-corrected chi connectivity index (χ4v) is 3.52. The molecule has 0 N–H and O–H groups in total. The number of hydrogen-bond donors (Lipinski definition) is 0. The first-order chi connectivity index (χ1) is 10.0. The van der Waals surface area contributed by atoms with Crippen molar-refractivity contribution < 1.29 is 9.59 Å². The van der Waals surface area contributed by atoms with E-state index in [2.05, 4.69) is 4.98 Å². The molecule has 1 aliphatic heterocycles. The Morgan fingerprint density at radius 1 is 1.14 bits per heavy atom. The maximum atomic E-state index is 12.3. The molecule has 1 aromatic carbocycles. The molecule has 4 nitrogen and oxygen atoms in total. The van der Waals surface area contributed by atoms with Crippen molar-refractivity contribution in [2.24, 2.45) is 0 Å². The molecule has 0 atom stereocenters. The summed E-state index contributed by atoms with van der Waals surface area (Å²) in [5, 5.41) is 0. The summed E-state index contributed by atoms with van der Waals surface area (Å²) < 4.78 is 0. The van der Waals surface area contributed by atoms with E-state index in [-0.39, 0.29) is 5.78 Å². The van der Waals surface area contributed by atoms with Crippen LogP contribution in [0.4, 0.5) is 5.69 Å². The smallest absolute Gasteiger partial charge is 0.299 e. The van der Waals surface area contributed by atoms with Gasteiger partial charge < -0.3 is 4.90 Å². The Bertz CT molecular complexity index is 749. The maximum Gasteiger partial charge on any atom is 0.299 e. The lowest BCUT2D eigenvalue weighted by molar-refractivity contribution is -0.114. The standard InChI is InChI=1S/C16H16N2O2S/c1-9-4-5-10(2)14-13(9)15(19)16(20)18(14)7-6-12-11(3)17-8-21-12/h4-5,8H,6-7H2,1-3H3. The average molecular weight is 300 g/mol. The lowest BCUT2D eigenvalue weighted by Gasteiger charge is -2.18. The van der Waals surface area contributed by atoms with Crippen molar-refractivity contribution in [1.29, 1.82) is 0 Å². The molecule has 0 bridgehead atoms. The maximum absolute atomic E-state index is 12.3. The fraction of sp³-hybridized carbons (Fsp3) is 0.312. The number of carbonyl (C=O) groups is 2. The Kier molecular flexibility index (Phi) is 3.37. The first-order valence-corrected chi connectivity index (χ1v) is 7.74. The topological polar surface area (TPSA) is 50.3 Å². The summed E-state index contributed by atoms with van der Waals surface area (Å²) in [6.07, 6.45) is 0.725. The minimum Gasteiger partial charge on any atom is -0.304 e. The lowest BCUT2D eigenvalue weighted by atomic mass is 10.0. The number of thiazole rings is 1. The van der Waals surface area contributed by atoms with Crippen LogP contribution in [0.2, 0.25) is 0 Å². The normalized spacial score (nSPS) is 14.0. The Morgan fingerprint density at radius 3 is 2.52 bits per heavy atom. The zero-order chi connectivity index (χ0) is 15.1. The van der Waals surface area contributed by atoms with Crippen molar-refractivity contribution in [3.05, 3.63) is 44.9 Å². The van der Waals surface area contributed by atoms with Gasteiger partial charge in [-0.15, -0.1) is 11.3 Å². The van der Waals surface area contributed by atoms with Gasteiger partial charge in [0.25, 0.3) is 11.7 Å². The largest absolute Gasteiger partial charge is 0.304 e. The molecule has 21 heavy (non-hydrogen) atoms. The molecule has 1 aromatic heterocycles. The van der Waals surface area contributed by atoms with E-state index in [1.807, 2.05) is 38.4 Å². The first kappa shape index (κ1) is 13.9. The summed E-state index contributed by atoms with van der Waals surface area (Å²) in [5.41, 5.74) is 6.00. The van der Waals surface area contributed by atoms with E-state index in [1.165, 1.54) is 0 Å². The monoisotopic (exact) mass is 300 g/mol.